The van der Waals surface area contributed by atoms with Gasteiger partial charge in [-0.3, -0.25) is 0 Å². The van der Waals surface area contributed by atoms with Crippen LogP contribution in [0.5, 0.6) is 0 Å². The first kappa shape index (κ1) is 14.5. The van der Waals surface area contributed by atoms with Gasteiger partial charge in [-0.25, -0.2) is 9.67 Å². The molecule has 1 aromatic rings. The third-order valence-electron chi connectivity index (χ3n) is 4.71. The van der Waals surface area contributed by atoms with E-state index in [2.05, 4.69) is 35.5 Å². The Morgan fingerprint density at radius 2 is 2.16 bits per heavy atom. The average Bonchev–Trinajstić information content (AvgIpc) is 2.87. The molecule has 0 spiro atoms. The molecule has 2 rings (SSSR count). The second-order valence-corrected chi connectivity index (χ2v) is 6.26. The molecule has 4 nitrogen and oxygen atoms in total. The molecule has 4 heteroatoms. The molecule has 2 N–H and O–H groups in total. The normalized spacial score (nSPS) is 27.9. The molecule has 0 aromatic carbocycles. The van der Waals surface area contributed by atoms with Crippen molar-refractivity contribution in [2.75, 3.05) is 6.54 Å². The lowest BCUT2D eigenvalue weighted by Gasteiger charge is -2.35. The quantitative estimate of drug-likeness (QED) is 0.889. The third kappa shape index (κ3) is 3.35. The first-order chi connectivity index (χ1) is 9.15. The predicted octanol–water partition coefficient (Wildman–Crippen LogP) is 2.80. The zero-order chi connectivity index (χ0) is 13.8. The molecule has 1 fully saturated rings. The highest BCUT2D eigenvalue weighted by molar-refractivity contribution is 4.93. The summed E-state index contributed by atoms with van der Waals surface area (Å²) in [7, 11) is 0. The third-order valence-corrected chi connectivity index (χ3v) is 4.71. The van der Waals surface area contributed by atoms with Gasteiger partial charge in [0.1, 0.15) is 12.2 Å². The minimum Gasteiger partial charge on any atom is -0.330 e. The van der Waals surface area contributed by atoms with E-state index in [4.69, 9.17) is 5.73 Å². The molecule has 0 aliphatic heterocycles. The van der Waals surface area contributed by atoms with Crippen molar-refractivity contribution in [1.29, 1.82) is 0 Å². The monoisotopic (exact) mass is 264 g/mol. The maximum atomic E-state index is 5.96. The fourth-order valence-corrected chi connectivity index (χ4v) is 3.44. The molecule has 108 valence electrons. The standard InChI is InChI=1S/C15H28N4/c1-4-12-5-6-13(9-16)14(7-12)8-15-17-10-18-19(15)11(2)3/h10-14H,4-9,16H2,1-3H3. The SMILES string of the molecule is CCC1CCC(CN)C(Cc2ncnn2C(C)C)C1. The van der Waals surface area contributed by atoms with E-state index in [0.717, 1.165) is 24.7 Å². The van der Waals surface area contributed by atoms with Crippen molar-refractivity contribution in [1.82, 2.24) is 14.8 Å². The van der Waals surface area contributed by atoms with E-state index in [1.807, 2.05) is 0 Å². The molecule has 3 unspecified atom stereocenters. The molecule has 0 bridgehead atoms. The molecule has 1 aliphatic rings. The Hall–Kier alpha value is -0.900. The summed E-state index contributed by atoms with van der Waals surface area (Å²) < 4.78 is 2.06. The van der Waals surface area contributed by atoms with Crippen LogP contribution in [0, 0.1) is 17.8 Å². The zero-order valence-electron chi connectivity index (χ0n) is 12.5. The molecule has 1 saturated carbocycles. The van der Waals surface area contributed by atoms with Crippen LogP contribution in [0.15, 0.2) is 6.33 Å². The summed E-state index contributed by atoms with van der Waals surface area (Å²) in [4.78, 5) is 4.46. The highest BCUT2D eigenvalue weighted by Crippen LogP contribution is 2.36. The van der Waals surface area contributed by atoms with E-state index in [1.165, 1.54) is 25.7 Å². The zero-order valence-corrected chi connectivity index (χ0v) is 12.5. The molecule has 0 radical (unpaired) electrons. The number of hydrogen-bond donors (Lipinski definition) is 1. The minimum absolute atomic E-state index is 0.388. The van der Waals surface area contributed by atoms with Gasteiger partial charge in [0.15, 0.2) is 0 Å². The Bertz CT molecular complexity index is 385. The Kier molecular flexibility index (Phi) is 4.97. The van der Waals surface area contributed by atoms with Crippen molar-refractivity contribution in [3.05, 3.63) is 12.2 Å². The molecular weight excluding hydrogens is 236 g/mol. The molecule has 0 amide bonds. The van der Waals surface area contributed by atoms with Gasteiger partial charge in [0.25, 0.3) is 0 Å². The van der Waals surface area contributed by atoms with E-state index >= 15 is 0 Å². The summed E-state index contributed by atoms with van der Waals surface area (Å²) >= 11 is 0. The van der Waals surface area contributed by atoms with Crippen LogP contribution in [0.4, 0.5) is 0 Å². The van der Waals surface area contributed by atoms with Gasteiger partial charge in [-0.1, -0.05) is 19.8 Å². The van der Waals surface area contributed by atoms with Crippen LogP contribution in [0.2, 0.25) is 0 Å². The summed E-state index contributed by atoms with van der Waals surface area (Å²) in [5.41, 5.74) is 5.96. The van der Waals surface area contributed by atoms with Gasteiger partial charge in [0.2, 0.25) is 0 Å². The van der Waals surface area contributed by atoms with Crippen LogP contribution in [-0.4, -0.2) is 21.3 Å². The van der Waals surface area contributed by atoms with Crippen molar-refractivity contribution in [2.24, 2.45) is 23.5 Å². The topological polar surface area (TPSA) is 56.7 Å². The van der Waals surface area contributed by atoms with Crippen molar-refractivity contribution >= 4 is 0 Å². The lowest BCUT2D eigenvalue weighted by atomic mass is 9.72. The van der Waals surface area contributed by atoms with Gasteiger partial charge >= 0.3 is 0 Å². The number of nitrogens with two attached hydrogens (primary N) is 1. The highest BCUT2D eigenvalue weighted by Gasteiger charge is 2.30. The van der Waals surface area contributed by atoms with Crippen LogP contribution in [0.3, 0.4) is 0 Å². The van der Waals surface area contributed by atoms with Crippen molar-refractivity contribution in [3.8, 4) is 0 Å². The molecule has 1 aromatic heterocycles. The van der Waals surface area contributed by atoms with Crippen LogP contribution in [0.1, 0.15) is 58.3 Å². The van der Waals surface area contributed by atoms with Crippen molar-refractivity contribution < 1.29 is 0 Å². The summed E-state index contributed by atoms with van der Waals surface area (Å²) in [6, 6.07) is 0.388. The molecule has 1 aliphatic carbocycles. The first-order valence-electron chi connectivity index (χ1n) is 7.74. The minimum atomic E-state index is 0.388. The summed E-state index contributed by atoms with van der Waals surface area (Å²) in [6.07, 6.45) is 7.97. The average molecular weight is 264 g/mol. The highest BCUT2D eigenvalue weighted by atomic mass is 15.3. The molecule has 3 atom stereocenters. The Morgan fingerprint density at radius 3 is 2.79 bits per heavy atom. The van der Waals surface area contributed by atoms with Crippen LogP contribution in [-0.2, 0) is 6.42 Å². The number of aromatic nitrogens is 3. The van der Waals surface area contributed by atoms with E-state index in [0.29, 0.717) is 17.9 Å². The van der Waals surface area contributed by atoms with Crippen LogP contribution in [0.25, 0.3) is 0 Å². The van der Waals surface area contributed by atoms with E-state index in [9.17, 15) is 0 Å². The largest absolute Gasteiger partial charge is 0.330 e. The van der Waals surface area contributed by atoms with Gasteiger partial charge in [-0.2, -0.15) is 5.10 Å². The first-order valence-corrected chi connectivity index (χ1v) is 7.74. The summed E-state index contributed by atoms with van der Waals surface area (Å²) in [6.45, 7) is 7.45. The summed E-state index contributed by atoms with van der Waals surface area (Å²) in [5.74, 6) is 3.36. The maximum Gasteiger partial charge on any atom is 0.138 e. The molecular formula is C15H28N4. The number of nitrogens with zero attached hydrogens (tertiary/aromatic N) is 3. The van der Waals surface area contributed by atoms with Crippen LogP contribution < -0.4 is 5.73 Å². The molecule has 0 saturated heterocycles. The van der Waals surface area contributed by atoms with Gasteiger partial charge in [0, 0.05) is 12.5 Å². The lowest BCUT2D eigenvalue weighted by molar-refractivity contribution is 0.176. The predicted molar refractivity (Wildman–Crippen MR) is 77.8 cm³/mol. The van der Waals surface area contributed by atoms with E-state index < -0.39 is 0 Å². The molecule has 19 heavy (non-hydrogen) atoms. The van der Waals surface area contributed by atoms with Gasteiger partial charge < -0.3 is 5.73 Å². The van der Waals surface area contributed by atoms with Gasteiger partial charge in [0.05, 0.1) is 0 Å². The smallest absolute Gasteiger partial charge is 0.138 e. The fourth-order valence-electron chi connectivity index (χ4n) is 3.44. The Balaban J connectivity index is 2.08. The van der Waals surface area contributed by atoms with Crippen LogP contribution >= 0.6 is 0 Å². The Morgan fingerprint density at radius 1 is 1.37 bits per heavy atom. The number of rotatable bonds is 5. The lowest BCUT2D eigenvalue weighted by Crippen LogP contribution is -2.32. The van der Waals surface area contributed by atoms with Crippen molar-refractivity contribution in [3.63, 3.8) is 0 Å². The maximum absolute atomic E-state index is 5.96. The van der Waals surface area contributed by atoms with Crippen molar-refractivity contribution in [2.45, 2.75) is 58.9 Å². The van der Waals surface area contributed by atoms with Gasteiger partial charge in [-0.05, 0) is 51.0 Å². The van der Waals surface area contributed by atoms with E-state index in [-0.39, 0.29) is 0 Å². The number of hydrogen-bond acceptors (Lipinski definition) is 3. The molecule has 1 heterocycles. The van der Waals surface area contributed by atoms with E-state index in [1.54, 1.807) is 6.33 Å². The second-order valence-electron chi connectivity index (χ2n) is 6.26. The summed E-state index contributed by atoms with van der Waals surface area (Å²) in [5, 5.41) is 4.35. The fraction of sp³-hybridized carbons (Fsp3) is 0.867. The Labute approximate surface area is 116 Å². The second kappa shape index (κ2) is 6.51. The van der Waals surface area contributed by atoms with Gasteiger partial charge in [-0.15, -0.1) is 0 Å².